The monoisotopic (exact) mass is 652 g/mol. The molecule has 5 rings (SSSR count). The predicted octanol–water partition coefficient (Wildman–Crippen LogP) is 7.51. The lowest BCUT2D eigenvalue weighted by Gasteiger charge is -2.38. The zero-order chi connectivity index (χ0) is 31.1. The van der Waals surface area contributed by atoms with E-state index in [-0.39, 0.29) is 25.4 Å². The molecular weight excluding hydrogens is 619 g/mol. The largest absolute Gasteiger partial charge is 0.392 e. The van der Waals surface area contributed by atoms with Gasteiger partial charge in [0.05, 0.1) is 18.8 Å². The summed E-state index contributed by atoms with van der Waals surface area (Å²) in [5, 5.41) is 12.2. The fraction of sp³-hybridized carbons (Fsp3) is 0.286. The minimum absolute atomic E-state index is 0.00227. The Bertz CT molecular complexity index is 1530. The lowest BCUT2D eigenvalue weighted by atomic mass is 9.98. The second-order valence-electron chi connectivity index (χ2n) is 11.0. The molecule has 9 heteroatoms. The SMILES string of the molecule is CN(Cc1ccccc1)CC1CC(c2ccc(CO)cc2)OC(c2cccc(-c3cccc(CNC(=O)C(Cl)(Cl)Cl)c3)c2)O1. The third-order valence-corrected chi connectivity index (χ3v) is 8.07. The number of aliphatic hydroxyl groups excluding tert-OH is 1. The molecule has 3 atom stereocenters. The molecule has 0 spiro atoms. The summed E-state index contributed by atoms with van der Waals surface area (Å²) in [7, 11) is 2.11. The van der Waals surface area contributed by atoms with Crippen molar-refractivity contribution in [1.29, 1.82) is 0 Å². The number of alkyl halides is 3. The number of aliphatic hydroxyl groups is 1. The molecule has 1 aliphatic rings. The zero-order valence-corrected chi connectivity index (χ0v) is 26.6. The van der Waals surface area contributed by atoms with Crippen molar-refractivity contribution in [2.75, 3.05) is 13.6 Å². The van der Waals surface area contributed by atoms with Crippen molar-refractivity contribution in [3.63, 3.8) is 0 Å². The quantitative estimate of drug-likeness (QED) is 0.173. The van der Waals surface area contributed by atoms with Gasteiger partial charge in [-0.05, 0) is 52.6 Å². The van der Waals surface area contributed by atoms with Crippen LogP contribution in [0.25, 0.3) is 11.1 Å². The molecule has 3 unspecified atom stereocenters. The maximum absolute atomic E-state index is 12.0. The standard InChI is InChI=1S/C35H35Cl3N2O4/c1-40(21-24-7-3-2-4-8-24)22-31-19-32(27-15-13-25(23-41)14-16-27)44-33(43-31)30-12-6-11-29(18-30)28-10-5-9-26(17-28)20-39-34(42)35(36,37)38/h2-18,31-33,41H,19-23H2,1H3,(H,39,42). The molecular formula is C35H35Cl3N2O4. The first-order chi connectivity index (χ1) is 21.2. The number of likely N-dealkylation sites (N-methyl/N-ethyl adjacent to an activating group) is 1. The van der Waals surface area contributed by atoms with E-state index in [0.717, 1.165) is 46.5 Å². The fourth-order valence-corrected chi connectivity index (χ4v) is 5.55. The minimum Gasteiger partial charge on any atom is -0.392 e. The number of hydrogen-bond donors (Lipinski definition) is 2. The summed E-state index contributed by atoms with van der Waals surface area (Å²) in [5.74, 6) is -0.675. The second-order valence-corrected chi connectivity index (χ2v) is 13.3. The Morgan fingerprint density at radius 2 is 1.52 bits per heavy atom. The number of amides is 1. The molecule has 2 N–H and O–H groups in total. The summed E-state index contributed by atoms with van der Waals surface area (Å²) in [5.41, 5.74) is 6.88. The predicted molar refractivity (Wildman–Crippen MR) is 175 cm³/mol. The molecule has 1 amide bonds. The van der Waals surface area contributed by atoms with Crippen molar-refractivity contribution < 1.29 is 19.4 Å². The van der Waals surface area contributed by atoms with Crippen LogP contribution >= 0.6 is 34.8 Å². The van der Waals surface area contributed by atoms with Crippen LogP contribution in [0.2, 0.25) is 0 Å². The Kier molecular flexibility index (Phi) is 11.0. The Labute approximate surface area is 273 Å². The summed E-state index contributed by atoms with van der Waals surface area (Å²) in [4.78, 5) is 14.3. The summed E-state index contributed by atoms with van der Waals surface area (Å²) in [6, 6.07) is 34.2. The van der Waals surface area contributed by atoms with Crippen LogP contribution in [-0.4, -0.2) is 39.4 Å². The maximum atomic E-state index is 12.0. The van der Waals surface area contributed by atoms with Gasteiger partial charge in [-0.3, -0.25) is 9.69 Å². The van der Waals surface area contributed by atoms with Crippen molar-refractivity contribution in [1.82, 2.24) is 10.2 Å². The number of nitrogens with zero attached hydrogens (tertiary/aromatic N) is 1. The van der Waals surface area contributed by atoms with E-state index >= 15 is 0 Å². The number of carbonyl (C=O) groups excluding carboxylic acids is 1. The van der Waals surface area contributed by atoms with E-state index in [2.05, 4.69) is 47.6 Å². The van der Waals surface area contributed by atoms with Crippen LogP contribution in [-0.2, 0) is 34.0 Å². The molecule has 4 aromatic carbocycles. The molecule has 0 bridgehead atoms. The molecule has 1 aliphatic heterocycles. The Morgan fingerprint density at radius 3 is 2.23 bits per heavy atom. The summed E-state index contributed by atoms with van der Waals surface area (Å²) < 4.78 is 11.2. The van der Waals surface area contributed by atoms with Crippen LogP contribution in [0.4, 0.5) is 0 Å². The van der Waals surface area contributed by atoms with E-state index in [9.17, 15) is 9.90 Å². The highest BCUT2D eigenvalue weighted by molar-refractivity contribution is 6.76. The third kappa shape index (κ3) is 8.83. The number of rotatable bonds is 10. The van der Waals surface area contributed by atoms with Crippen molar-refractivity contribution in [3.8, 4) is 11.1 Å². The van der Waals surface area contributed by atoms with Gasteiger partial charge in [-0.15, -0.1) is 0 Å². The molecule has 4 aromatic rings. The first kappa shape index (κ1) is 32.5. The van der Waals surface area contributed by atoms with Crippen LogP contribution in [0.1, 0.15) is 46.6 Å². The smallest absolute Gasteiger partial charge is 0.272 e. The average Bonchev–Trinajstić information content (AvgIpc) is 3.03. The molecule has 44 heavy (non-hydrogen) atoms. The number of halogens is 3. The van der Waals surface area contributed by atoms with E-state index in [1.165, 1.54) is 5.56 Å². The lowest BCUT2D eigenvalue weighted by Crippen LogP contribution is -2.37. The average molecular weight is 654 g/mol. The third-order valence-electron chi connectivity index (χ3n) is 7.56. The number of hydrogen-bond acceptors (Lipinski definition) is 5. The van der Waals surface area contributed by atoms with E-state index in [4.69, 9.17) is 44.3 Å². The summed E-state index contributed by atoms with van der Waals surface area (Å²) in [6.07, 6.45) is -0.118. The van der Waals surface area contributed by atoms with E-state index in [1.807, 2.05) is 72.8 Å². The van der Waals surface area contributed by atoms with Gasteiger partial charge in [-0.25, -0.2) is 0 Å². The molecule has 1 fully saturated rings. The van der Waals surface area contributed by atoms with Crippen LogP contribution < -0.4 is 5.32 Å². The topological polar surface area (TPSA) is 71.0 Å². The second kappa shape index (κ2) is 14.9. The molecule has 0 aliphatic carbocycles. The van der Waals surface area contributed by atoms with Gasteiger partial charge in [0.1, 0.15) is 0 Å². The molecule has 0 aromatic heterocycles. The Morgan fingerprint density at radius 1 is 0.841 bits per heavy atom. The number of carbonyl (C=O) groups is 1. The first-order valence-electron chi connectivity index (χ1n) is 14.5. The molecule has 230 valence electrons. The van der Waals surface area contributed by atoms with Crippen molar-refractivity contribution >= 4 is 40.7 Å². The highest BCUT2D eigenvalue weighted by atomic mass is 35.6. The van der Waals surface area contributed by atoms with Gasteiger partial charge in [-0.1, -0.05) is 126 Å². The Hall–Kier alpha value is -2.94. The normalized spacial score (nSPS) is 18.7. The van der Waals surface area contributed by atoms with Gasteiger partial charge in [-0.2, -0.15) is 0 Å². The minimum atomic E-state index is -2.01. The maximum Gasteiger partial charge on any atom is 0.272 e. The van der Waals surface area contributed by atoms with Crippen LogP contribution in [0, 0.1) is 0 Å². The molecule has 1 heterocycles. The molecule has 1 saturated heterocycles. The van der Waals surface area contributed by atoms with Crippen LogP contribution in [0.5, 0.6) is 0 Å². The van der Waals surface area contributed by atoms with Gasteiger partial charge in [0.15, 0.2) is 6.29 Å². The summed E-state index contributed by atoms with van der Waals surface area (Å²) in [6.45, 7) is 1.78. The highest BCUT2D eigenvalue weighted by Gasteiger charge is 2.33. The van der Waals surface area contributed by atoms with Gasteiger partial charge < -0.3 is 19.9 Å². The first-order valence-corrected chi connectivity index (χ1v) is 15.6. The van der Waals surface area contributed by atoms with Gasteiger partial charge >= 0.3 is 0 Å². The van der Waals surface area contributed by atoms with Gasteiger partial charge in [0.25, 0.3) is 9.70 Å². The van der Waals surface area contributed by atoms with Crippen molar-refractivity contribution in [2.45, 2.75) is 48.4 Å². The highest BCUT2D eigenvalue weighted by Crippen LogP contribution is 2.39. The van der Waals surface area contributed by atoms with Gasteiger partial charge in [0, 0.05) is 31.6 Å². The molecule has 0 saturated carbocycles. The Balaban J connectivity index is 1.35. The van der Waals surface area contributed by atoms with Crippen LogP contribution in [0.3, 0.4) is 0 Å². The number of nitrogens with one attached hydrogen (secondary N) is 1. The summed E-state index contributed by atoms with van der Waals surface area (Å²) >= 11 is 17.1. The number of benzene rings is 4. The van der Waals surface area contributed by atoms with Crippen molar-refractivity contribution in [3.05, 3.63) is 131 Å². The van der Waals surface area contributed by atoms with Crippen molar-refractivity contribution in [2.24, 2.45) is 0 Å². The lowest BCUT2D eigenvalue weighted by molar-refractivity contribution is -0.252. The fourth-order valence-electron chi connectivity index (χ4n) is 5.35. The van der Waals surface area contributed by atoms with E-state index in [1.54, 1.807) is 0 Å². The van der Waals surface area contributed by atoms with Gasteiger partial charge in [0.2, 0.25) is 0 Å². The molecule has 0 radical (unpaired) electrons. The number of ether oxygens (including phenoxy) is 2. The van der Waals surface area contributed by atoms with E-state index in [0.29, 0.717) is 6.42 Å². The van der Waals surface area contributed by atoms with Crippen LogP contribution in [0.15, 0.2) is 103 Å². The molecule has 6 nitrogen and oxygen atoms in total. The van der Waals surface area contributed by atoms with E-state index < -0.39 is 16.0 Å². The zero-order valence-electron chi connectivity index (χ0n) is 24.3.